The molecule has 0 spiro atoms. The molecule has 1 amide bonds. The number of benzene rings is 2. The van der Waals surface area contributed by atoms with Gasteiger partial charge in [-0.25, -0.2) is 4.68 Å². The molecule has 2 aromatic carbocycles. The standard InChI is InChI=1S/C19H17Cl2N3O2/c1-13(14-5-3-2-4-6-14)22-19(25)17-9-10-24(23-17)12-26-18-8-7-15(20)11-16(18)21/h2-11,13H,12H2,1H3,(H,22,25). The van der Waals surface area contributed by atoms with E-state index in [1.54, 1.807) is 30.5 Å². The molecule has 1 unspecified atom stereocenters. The van der Waals surface area contributed by atoms with Crippen molar-refractivity contribution in [2.45, 2.75) is 19.7 Å². The fraction of sp³-hybridized carbons (Fsp3) is 0.158. The summed E-state index contributed by atoms with van der Waals surface area (Å²) in [6.45, 7) is 2.05. The van der Waals surface area contributed by atoms with Gasteiger partial charge in [-0.05, 0) is 36.8 Å². The predicted molar refractivity (Wildman–Crippen MR) is 102 cm³/mol. The van der Waals surface area contributed by atoms with Gasteiger partial charge in [-0.3, -0.25) is 4.79 Å². The molecule has 7 heteroatoms. The number of ether oxygens (including phenoxy) is 1. The lowest BCUT2D eigenvalue weighted by Crippen LogP contribution is -2.27. The van der Waals surface area contributed by atoms with Crippen LogP contribution in [0.4, 0.5) is 0 Å². The normalized spacial score (nSPS) is 11.8. The van der Waals surface area contributed by atoms with Gasteiger partial charge in [0, 0.05) is 11.2 Å². The third-order valence-corrected chi connectivity index (χ3v) is 4.30. The number of rotatable bonds is 6. The third kappa shape index (κ3) is 4.56. The Balaban J connectivity index is 1.59. The van der Waals surface area contributed by atoms with Gasteiger partial charge >= 0.3 is 0 Å². The van der Waals surface area contributed by atoms with Gasteiger partial charge in [-0.15, -0.1) is 0 Å². The second-order valence-electron chi connectivity index (χ2n) is 5.69. The molecule has 1 aromatic heterocycles. The van der Waals surface area contributed by atoms with E-state index in [2.05, 4.69) is 10.4 Å². The molecule has 0 fully saturated rings. The average Bonchev–Trinajstić information content (AvgIpc) is 3.11. The van der Waals surface area contributed by atoms with Crippen molar-refractivity contribution in [1.29, 1.82) is 0 Å². The molecule has 0 bridgehead atoms. The molecule has 0 aliphatic carbocycles. The average molecular weight is 390 g/mol. The third-order valence-electron chi connectivity index (χ3n) is 3.77. The fourth-order valence-corrected chi connectivity index (χ4v) is 2.84. The Kier molecular flexibility index (Phi) is 5.81. The molecule has 0 aliphatic rings. The van der Waals surface area contributed by atoms with Gasteiger partial charge in [0.15, 0.2) is 6.73 Å². The van der Waals surface area contributed by atoms with Crippen LogP contribution >= 0.6 is 23.2 Å². The first-order chi connectivity index (χ1) is 12.5. The van der Waals surface area contributed by atoms with Crippen molar-refractivity contribution >= 4 is 29.1 Å². The summed E-state index contributed by atoms with van der Waals surface area (Å²) in [5.41, 5.74) is 1.35. The first-order valence-corrected chi connectivity index (χ1v) is 8.75. The van der Waals surface area contributed by atoms with Gasteiger partial charge in [0.25, 0.3) is 5.91 Å². The Morgan fingerprint density at radius 2 is 1.96 bits per heavy atom. The molecule has 1 N–H and O–H groups in total. The van der Waals surface area contributed by atoms with Gasteiger partial charge in [0.05, 0.1) is 11.1 Å². The molecule has 0 radical (unpaired) electrons. The quantitative estimate of drug-likeness (QED) is 0.663. The maximum atomic E-state index is 12.3. The molecule has 5 nitrogen and oxygen atoms in total. The number of aromatic nitrogens is 2. The minimum atomic E-state index is -0.246. The van der Waals surface area contributed by atoms with Crippen LogP contribution in [0.1, 0.15) is 29.0 Å². The predicted octanol–water partition coefficient (Wildman–Crippen LogP) is 4.72. The largest absolute Gasteiger partial charge is 0.470 e. The zero-order valence-corrected chi connectivity index (χ0v) is 15.5. The Morgan fingerprint density at radius 1 is 1.19 bits per heavy atom. The summed E-state index contributed by atoms with van der Waals surface area (Å²) in [6, 6.07) is 16.2. The molecular formula is C19H17Cl2N3O2. The maximum Gasteiger partial charge on any atom is 0.272 e. The van der Waals surface area contributed by atoms with Crippen molar-refractivity contribution in [1.82, 2.24) is 15.1 Å². The smallest absolute Gasteiger partial charge is 0.272 e. The van der Waals surface area contributed by atoms with Crippen molar-refractivity contribution in [3.05, 3.63) is 82.1 Å². The van der Waals surface area contributed by atoms with E-state index in [1.165, 1.54) is 4.68 Å². The number of nitrogens with one attached hydrogen (secondary N) is 1. The van der Waals surface area contributed by atoms with Crippen molar-refractivity contribution in [2.75, 3.05) is 0 Å². The lowest BCUT2D eigenvalue weighted by molar-refractivity contribution is 0.0932. The van der Waals surface area contributed by atoms with Crippen LogP contribution in [0.2, 0.25) is 10.0 Å². The van der Waals surface area contributed by atoms with E-state index in [-0.39, 0.29) is 18.7 Å². The number of carbonyl (C=O) groups excluding carboxylic acids is 1. The Morgan fingerprint density at radius 3 is 2.69 bits per heavy atom. The van der Waals surface area contributed by atoms with Crippen LogP contribution < -0.4 is 10.1 Å². The topological polar surface area (TPSA) is 56.2 Å². The minimum absolute atomic E-state index is 0.113. The lowest BCUT2D eigenvalue weighted by atomic mass is 10.1. The van der Waals surface area contributed by atoms with E-state index < -0.39 is 0 Å². The van der Waals surface area contributed by atoms with E-state index >= 15 is 0 Å². The fourth-order valence-electron chi connectivity index (χ4n) is 2.38. The lowest BCUT2D eigenvalue weighted by Gasteiger charge is -2.13. The van der Waals surface area contributed by atoms with Crippen LogP contribution in [-0.2, 0) is 6.73 Å². The van der Waals surface area contributed by atoms with Crippen molar-refractivity contribution in [3.63, 3.8) is 0 Å². The Labute approximate surface area is 161 Å². The van der Waals surface area contributed by atoms with E-state index in [9.17, 15) is 4.79 Å². The minimum Gasteiger partial charge on any atom is -0.470 e. The molecule has 1 heterocycles. The van der Waals surface area contributed by atoms with Crippen LogP contribution in [0.5, 0.6) is 5.75 Å². The van der Waals surface area contributed by atoms with Gasteiger partial charge in [0.1, 0.15) is 11.4 Å². The summed E-state index contributed by atoms with van der Waals surface area (Å²) < 4.78 is 7.12. The second kappa shape index (κ2) is 8.25. The Hall–Kier alpha value is -2.50. The Bertz CT molecular complexity index is 897. The van der Waals surface area contributed by atoms with Gasteiger partial charge in [-0.1, -0.05) is 53.5 Å². The summed E-state index contributed by atoms with van der Waals surface area (Å²) in [5, 5.41) is 8.10. The van der Waals surface area contributed by atoms with Crippen LogP contribution in [0.25, 0.3) is 0 Å². The molecule has 0 saturated heterocycles. The molecule has 3 aromatic rings. The van der Waals surface area contributed by atoms with Crippen LogP contribution in [0.15, 0.2) is 60.8 Å². The molecular weight excluding hydrogens is 373 g/mol. The second-order valence-corrected chi connectivity index (χ2v) is 6.54. The summed E-state index contributed by atoms with van der Waals surface area (Å²) in [4.78, 5) is 12.3. The number of hydrogen-bond donors (Lipinski definition) is 1. The van der Waals surface area contributed by atoms with Crippen LogP contribution in [0.3, 0.4) is 0 Å². The summed E-state index contributed by atoms with van der Waals surface area (Å²) in [5.74, 6) is 0.250. The summed E-state index contributed by atoms with van der Waals surface area (Å²) in [7, 11) is 0. The number of carbonyl (C=O) groups is 1. The molecule has 0 saturated carbocycles. The first kappa shape index (κ1) is 18.3. The van der Waals surface area contributed by atoms with E-state index in [0.717, 1.165) is 5.56 Å². The summed E-state index contributed by atoms with van der Waals surface area (Å²) >= 11 is 11.9. The van der Waals surface area contributed by atoms with Gasteiger partial charge in [0.2, 0.25) is 0 Å². The number of halogens is 2. The molecule has 134 valence electrons. The molecule has 26 heavy (non-hydrogen) atoms. The zero-order chi connectivity index (χ0) is 18.5. The SMILES string of the molecule is CC(NC(=O)c1ccn(COc2ccc(Cl)cc2Cl)n1)c1ccccc1. The van der Waals surface area contributed by atoms with Crippen LogP contribution in [-0.4, -0.2) is 15.7 Å². The van der Waals surface area contributed by atoms with E-state index in [0.29, 0.717) is 21.5 Å². The first-order valence-electron chi connectivity index (χ1n) is 8.00. The highest BCUT2D eigenvalue weighted by Gasteiger charge is 2.14. The molecule has 0 aliphatic heterocycles. The number of hydrogen-bond acceptors (Lipinski definition) is 3. The van der Waals surface area contributed by atoms with Crippen molar-refractivity contribution in [3.8, 4) is 5.75 Å². The van der Waals surface area contributed by atoms with Crippen molar-refractivity contribution < 1.29 is 9.53 Å². The van der Waals surface area contributed by atoms with Gasteiger partial charge < -0.3 is 10.1 Å². The van der Waals surface area contributed by atoms with Gasteiger partial charge in [-0.2, -0.15) is 5.10 Å². The number of amides is 1. The zero-order valence-electron chi connectivity index (χ0n) is 14.0. The van der Waals surface area contributed by atoms with Crippen LogP contribution in [0, 0.1) is 0 Å². The highest BCUT2D eigenvalue weighted by Crippen LogP contribution is 2.27. The maximum absolute atomic E-state index is 12.3. The highest BCUT2D eigenvalue weighted by molar-refractivity contribution is 6.35. The highest BCUT2D eigenvalue weighted by atomic mass is 35.5. The molecule has 1 atom stereocenters. The van der Waals surface area contributed by atoms with Crippen molar-refractivity contribution in [2.24, 2.45) is 0 Å². The van der Waals surface area contributed by atoms with E-state index in [4.69, 9.17) is 27.9 Å². The number of nitrogens with zero attached hydrogens (tertiary/aromatic N) is 2. The van der Waals surface area contributed by atoms with E-state index in [1.807, 2.05) is 37.3 Å². The molecule has 3 rings (SSSR count). The summed E-state index contributed by atoms with van der Waals surface area (Å²) in [6.07, 6.45) is 1.67. The monoisotopic (exact) mass is 389 g/mol.